The van der Waals surface area contributed by atoms with Gasteiger partial charge >= 0.3 is 6.09 Å². The number of hydrogen-bond donors (Lipinski definition) is 0. The number of hydrogen-bond acceptors (Lipinski definition) is 4. The van der Waals surface area contributed by atoms with Crippen molar-refractivity contribution in [2.24, 2.45) is 0 Å². The van der Waals surface area contributed by atoms with Crippen molar-refractivity contribution in [2.75, 3.05) is 0 Å². The monoisotopic (exact) mass is 508 g/mol. The number of pyridine rings is 1. The Kier molecular flexibility index (Phi) is 6.27. The van der Waals surface area contributed by atoms with Gasteiger partial charge in [0, 0.05) is 16.3 Å². The molecule has 0 aliphatic heterocycles. The van der Waals surface area contributed by atoms with Crippen LogP contribution in [-0.2, 0) is 4.74 Å². The largest absolute Gasteiger partial charge is 0.543 e. The lowest BCUT2D eigenvalue weighted by Gasteiger charge is -2.36. The number of benzene rings is 2. The van der Waals surface area contributed by atoms with Gasteiger partial charge in [-0.1, -0.05) is 50.6 Å². The van der Waals surface area contributed by atoms with E-state index >= 15 is 0 Å². The van der Waals surface area contributed by atoms with E-state index in [4.69, 9.17) is 20.8 Å². The van der Waals surface area contributed by atoms with Gasteiger partial charge in [0.05, 0.1) is 16.7 Å². The van der Waals surface area contributed by atoms with Gasteiger partial charge in [-0.3, -0.25) is 0 Å². The highest BCUT2D eigenvalue weighted by atomic mass is 35.5. The average Bonchev–Trinajstić information content (AvgIpc) is 3.09. The number of fused-ring (bicyclic) bond motifs is 2. The normalized spacial score (nSPS) is 12.8. The van der Waals surface area contributed by atoms with E-state index in [2.05, 4.69) is 38.8 Å². The second kappa shape index (κ2) is 8.68. The van der Waals surface area contributed by atoms with Gasteiger partial charge in [-0.25, -0.2) is 14.3 Å². The van der Waals surface area contributed by atoms with Crippen molar-refractivity contribution in [3.8, 4) is 17.0 Å². The van der Waals surface area contributed by atoms with Crippen LogP contribution in [0.3, 0.4) is 0 Å². The van der Waals surface area contributed by atoms with Gasteiger partial charge in [0.2, 0.25) is 8.32 Å². The zero-order valence-electron chi connectivity index (χ0n) is 21.7. The lowest BCUT2D eigenvalue weighted by molar-refractivity contribution is 0.0547. The van der Waals surface area contributed by atoms with Crippen LogP contribution in [0.15, 0.2) is 54.6 Å². The van der Waals surface area contributed by atoms with Crippen molar-refractivity contribution >= 4 is 47.8 Å². The molecule has 4 aromatic rings. The van der Waals surface area contributed by atoms with E-state index in [0.29, 0.717) is 16.4 Å². The molecule has 0 saturated carbocycles. The highest BCUT2D eigenvalue weighted by molar-refractivity contribution is 6.74. The number of para-hydroxylation sites is 1. The van der Waals surface area contributed by atoms with Crippen LogP contribution in [0, 0.1) is 0 Å². The fourth-order valence-electron chi connectivity index (χ4n) is 3.68. The molecule has 0 N–H and O–H groups in total. The van der Waals surface area contributed by atoms with Gasteiger partial charge in [-0.15, -0.1) is 0 Å². The molecule has 0 saturated heterocycles. The molecule has 7 heteroatoms. The summed E-state index contributed by atoms with van der Waals surface area (Å²) in [6.45, 7) is 16.6. The molecule has 0 bridgehead atoms. The molecular formula is C28H33ClN2O3Si. The Bertz CT molecular complexity index is 1430. The number of halogens is 1. The third kappa shape index (κ3) is 5.09. The van der Waals surface area contributed by atoms with Gasteiger partial charge in [0.15, 0.2) is 0 Å². The predicted octanol–water partition coefficient (Wildman–Crippen LogP) is 8.68. The summed E-state index contributed by atoms with van der Waals surface area (Å²) in [6, 6.07) is 17.5. The number of rotatable bonds is 3. The van der Waals surface area contributed by atoms with E-state index in [9.17, 15) is 4.79 Å². The van der Waals surface area contributed by atoms with Crippen molar-refractivity contribution in [2.45, 2.75) is 65.3 Å². The molecule has 2 aromatic carbocycles. The lowest BCUT2D eigenvalue weighted by Crippen LogP contribution is -2.43. The first-order valence-corrected chi connectivity index (χ1v) is 15.1. The summed E-state index contributed by atoms with van der Waals surface area (Å²) in [6.07, 6.45) is -0.468. The van der Waals surface area contributed by atoms with Crippen LogP contribution < -0.4 is 4.43 Å². The lowest BCUT2D eigenvalue weighted by atomic mass is 10.1. The number of ether oxygens (including phenoxy) is 1. The maximum Gasteiger partial charge on any atom is 0.419 e. The summed E-state index contributed by atoms with van der Waals surface area (Å²) in [4.78, 5) is 18.0. The van der Waals surface area contributed by atoms with Crippen LogP contribution in [-0.4, -0.2) is 29.6 Å². The highest BCUT2D eigenvalue weighted by Gasteiger charge is 2.39. The van der Waals surface area contributed by atoms with E-state index < -0.39 is 20.0 Å². The summed E-state index contributed by atoms with van der Waals surface area (Å²) in [5, 5.41) is 2.20. The van der Waals surface area contributed by atoms with E-state index in [0.717, 1.165) is 27.6 Å². The third-order valence-electron chi connectivity index (χ3n) is 6.48. The molecule has 0 aliphatic rings. The predicted molar refractivity (Wildman–Crippen MR) is 147 cm³/mol. The third-order valence-corrected chi connectivity index (χ3v) is 11.1. The fourth-order valence-corrected chi connectivity index (χ4v) is 4.94. The zero-order valence-corrected chi connectivity index (χ0v) is 23.4. The minimum Gasteiger partial charge on any atom is -0.543 e. The van der Waals surface area contributed by atoms with Crippen LogP contribution in [0.4, 0.5) is 4.79 Å². The van der Waals surface area contributed by atoms with Crippen molar-refractivity contribution in [1.82, 2.24) is 9.55 Å². The second-order valence-electron chi connectivity index (χ2n) is 11.4. The molecule has 0 aliphatic carbocycles. The molecular weight excluding hydrogens is 476 g/mol. The van der Waals surface area contributed by atoms with Gasteiger partial charge in [-0.2, -0.15) is 0 Å². The van der Waals surface area contributed by atoms with E-state index in [1.165, 1.54) is 0 Å². The van der Waals surface area contributed by atoms with Crippen molar-refractivity contribution < 1.29 is 14.0 Å². The van der Waals surface area contributed by atoms with Crippen molar-refractivity contribution in [3.63, 3.8) is 0 Å². The second-order valence-corrected chi connectivity index (χ2v) is 16.5. The standard InChI is InChI=1S/C28H33ClN2O3Si/c1-27(2,3)33-26(32)31-23-14-13-20(34-35(7,8)28(4,5)6)15-19(23)17-24(31)21-16-18-11-9-10-12-22(18)30-25(21)29/h9-17H,1-8H3. The van der Waals surface area contributed by atoms with E-state index in [1.807, 2.05) is 75.4 Å². The first-order valence-electron chi connectivity index (χ1n) is 11.8. The highest BCUT2D eigenvalue weighted by Crippen LogP contribution is 2.39. The Balaban J connectivity index is 1.91. The molecule has 0 radical (unpaired) electrons. The minimum absolute atomic E-state index is 0.0693. The maximum absolute atomic E-state index is 13.4. The first-order chi connectivity index (χ1) is 16.2. The topological polar surface area (TPSA) is 53.4 Å². The molecule has 0 unspecified atom stereocenters. The quantitative estimate of drug-likeness (QED) is 0.205. The summed E-state index contributed by atoms with van der Waals surface area (Å²) in [7, 11) is -2.03. The van der Waals surface area contributed by atoms with Gasteiger partial charge < -0.3 is 9.16 Å². The Labute approximate surface area is 213 Å². The molecule has 2 aromatic heterocycles. The molecule has 2 heterocycles. The summed E-state index contributed by atoms with van der Waals surface area (Å²) in [5.74, 6) is 0.791. The Hall–Kier alpha value is -2.83. The number of carbonyl (C=O) groups is 1. The number of carbonyl (C=O) groups excluding carboxylic acids is 1. The molecule has 4 rings (SSSR count). The van der Waals surface area contributed by atoms with E-state index in [-0.39, 0.29) is 5.04 Å². The Morgan fingerprint density at radius 3 is 2.29 bits per heavy atom. The Morgan fingerprint density at radius 2 is 1.63 bits per heavy atom. The first kappa shape index (κ1) is 25.3. The van der Waals surface area contributed by atoms with Gasteiger partial charge in [0.25, 0.3) is 0 Å². The number of nitrogens with zero attached hydrogens (tertiary/aromatic N) is 2. The van der Waals surface area contributed by atoms with Crippen LogP contribution in [0.1, 0.15) is 41.5 Å². The van der Waals surface area contributed by atoms with Crippen LogP contribution in [0.25, 0.3) is 33.1 Å². The SMILES string of the molecule is CC(C)(C)OC(=O)n1c(-c2cc3ccccc3nc2Cl)cc2cc(O[Si](C)(C)C(C)(C)C)ccc21. The smallest absolute Gasteiger partial charge is 0.419 e. The molecule has 35 heavy (non-hydrogen) atoms. The number of aromatic nitrogens is 2. The van der Waals surface area contributed by atoms with Crippen LogP contribution in [0.5, 0.6) is 5.75 Å². The zero-order chi connectivity index (χ0) is 25.8. The Morgan fingerprint density at radius 1 is 0.943 bits per heavy atom. The minimum atomic E-state index is -2.03. The summed E-state index contributed by atoms with van der Waals surface area (Å²) in [5.41, 5.74) is 2.16. The molecule has 5 nitrogen and oxygen atoms in total. The average molecular weight is 509 g/mol. The van der Waals surface area contributed by atoms with Crippen LogP contribution in [0.2, 0.25) is 23.3 Å². The molecule has 0 amide bonds. The summed E-state index contributed by atoms with van der Waals surface area (Å²) >= 11 is 6.65. The fraction of sp³-hybridized carbons (Fsp3) is 0.357. The van der Waals surface area contributed by atoms with Gasteiger partial charge in [0.1, 0.15) is 16.5 Å². The molecule has 0 atom stereocenters. The van der Waals surface area contributed by atoms with E-state index in [1.54, 1.807) is 4.57 Å². The molecule has 184 valence electrons. The van der Waals surface area contributed by atoms with Gasteiger partial charge in [-0.05, 0) is 75.3 Å². The maximum atomic E-state index is 13.4. The van der Waals surface area contributed by atoms with Crippen LogP contribution >= 0.6 is 11.6 Å². The van der Waals surface area contributed by atoms with Crippen molar-refractivity contribution in [1.29, 1.82) is 0 Å². The molecule has 0 spiro atoms. The van der Waals surface area contributed by atoms with Crippen molar-refractivity contribution in [3.05, 3.63) is 59.8 Å². The summed E-state index contributed by atoms with van der Waals surface area (Å²) < 4.78 is 13.9. The molecule has 0 fully saturated rings.